The van der Waals surface area contributed by atoms with E-state index in [0.717, 1.165) is 13.1 Å². The first kappa shape index (κ1) is 16.9. The maximum absolute atomic E-state index is 11.6. The first-order chi connectivity index (χ1) is 8.32. The summed E-state index contributed by atoms with van der Waals surface area (Å²) in [4.78, 5) is 28.6. The summed E-state index contributed by atoms with van der Waals surface area (Å²) in [5.74, 6) is -0.176. The van der Waals surface area contributed by atoms with Crippen LogP contribution < -0.4 is 5.32 Å². The molecular weight excluding hydrogens is 232 g/mol. The lowest BCUT2D eigenvalue weighted by molar-refractivity contribution is -0.134. The van der Waals surface area contributed by atoms with Crippen LogP contribution in [0.15, 0.2) is 0 Å². The first-order valence-corrected chi connectivity index (χ1v) is 6.14. The van der Waals surface area contributed by atoms with Gasteiger partial charge < -0.3 is 20.0 Å². The van der Waals surface area contributed by atoms with Crippen molar-refractivity contribution >= 4 is 11.8 Å². The Morgan fingerprint density at radius 3 is 1.94 bits per heavy atom. The van der Waals surface area contributed by atoms with E-state index in [0.29, 0.717) is 13.1 Å². The van der Waals surface area contributed by atoms with Gasteiger partial charge in [0.05, 0.1) is 6.54 Å². The Bertz CT molecular complexity index is 267. The molecule has 0 aliphatic heterocycles. The van der Waals surface area contributed by atoms with Crippen LogP contribution in [0, 0.1) is 0 Å². The van der Waals surface area contributed by atoms with Gasteiger partial charge in [-0.3, -0.25) is 9.59 Å². The average Bonchev–Trinajstić information content (AvgIpc) is 2.22. The highest BCUT2D eigenvalue weighted by Crippen LogP contribution is 1.90. The summed E-state index contributed by atoms with van der Waals surface area (Å²) in [6, 6.07) is 0. The Hall–Kier alpha value is -1.14. The van der Waals surface area contributed by atoms with E-state index >= 15 is 0 Å². The summed E-state index contributed by atoms with van der Waals surface area (Å²) in [6.45, 7) is 4.35. The number of carbonyl (C=O) groups is 2. The molecule has 0 heterocycles. The zero-order valence-corrected chi connectivity index (χ0v) is 12.2. The molecule has 0 aliphatic carbocycles. The highest BCUT2D eigenvalue weighted by atomic mass is 16.2. The second-order valence-electron chi connectivity index (χ2n) is 4.90. The second kappa shape index (κ2) is 8.88. The summed E-state index contributed by atoms with van der Waals surface area (Å²) in [5, 5.41) is 2.80. The van der Waals surface area contributed by atoms with Crippen molar-refractivity contribution in [1.29, 1.82) is 0 Å². The summed E-state index contributed by atoms with van der Waals surface area (Å²) in [6.07, 6.45) is 0. The van der Waals surface area contributed by atoms with Crippen molar-refractivity contribution in [3.05, 3.63) is 0 Å². The molecule has 6 heteroatoms. The number of nitrogens with one attached hydrogen (secondary N) is 1. The molecule has 0 fully saturated rings. The molecule has 0 aliphatic rings. The van der Waals surface area contributed by atoms with Crippen molar-refractivity contribution < 1.29 is 9.59 Å². The van der Waals surface area contributed by atoms with Gasteiger partial charge in [0.1, 0.15) is 0 Å². The molecule has 0 aromatic carbocycles. The Morgan fingerprint density at radius 2 is 1.50 bits per heavy atom. The van der Waals surface area contributed by atoms with Crippen LogP contribution in [0.1, 0.15) is 6.92 Å². The standard InChI is InChI=1S/C12H26N4O2/c1-11(17)16(9-8-15(4)5)10-12(18)13-6-7-14(2)3/h6-10H2,1-5H3,(H,13,18). The van der Waals surface area contributed by atoms with Crippen LogP contribution in [0.4, 0.5) is 0 Å². The molecule has 0 radical (unpaired) electrons. The Morgan fingerprint density at radius 1 is 0.944 bits per heavy atom. The van der Waals surface area contributed by atoms with Gasteiger partial charge in [0.2, 0.25) is 11.8 Å². The molecule has 0 aromatic heterocycles. The molecule has 0 unspecified atom stereocenters. The zero-order valence-electron chi connectivity index (χ0n) is 12.2. The van der Waals surface area contributed by atoms with Gasteiger partial charge in [0.15, 0.2) is 0 Å². The molecule has 0 spiro atoms. The number of nitrogens with zero attached hydrogens (tertiary/aromatic N) is 3. The summed E-state index contributed by atoms with van der Waals surface area (Å²) in [7, 11) is 7.78. The number of rotatable bonds is 8. The lowest BCUT2D eigenvalue weighted by Crippen LogP contribution is -2.43. The van der Waals surface area contributed by atoms with Crippen LogP contribution in [0.2, 0.25) is 0 Å². The molecule has 2 amide bonds. The summed E-state index contributed by atoms with van der Waals surface area (Å²) >= 11 is 0. The number of hydrogen-bond acceptors (Lipinski definition) is 4. The van der Waals surface area contributed by atoms with Crippen molar-refractivity contribution in [1.82, 2.24) is 20.0 Å². The van der Waals surface area contributed by atoms with Crippen molar-refractivity contribution in [3.8, 4) is 0 Å². The lowest BCUT2D eigenvalue weighted by Gasteiger charge is -2.22. The number of amides is 2. The van der Waals surface area contributed by atoms with Crippen LogP contribution >= 0.6 is 0 Å². The van der Waals surface area contributed by atoms with E-state index in [-0.39, 0.29) is 18.4 Å². The van der Waals surface area contributed by atoms with Crippen LogP contribution in [-0.2, 0) is 9.59 Å². The minimum absolute atomic E-state index is 0.0698. The molecule has 0 saturated carbocycles. The fourth-order valence-corrected chi connectivity index (χ4v) is 1.32. The van der Waals surface area contributed by atoms with Crippen LogP contribution in [0.25, 0.3) is 0 Å². The third-order valence-electron chi connectivity index (χ3n) is 2.48. The first-order valence-electron chi connectivity index (χ1n) is 6.14. The predicted octanol–water partition coefficient (Wildman–Crippen LogP) is -0.926. The summed E-state index contributed by atoms with van der Waals surface area (Å²) in [5.41, 5.74) is 0. The molecule has 6 nitrogen and oxygen atoms in total. The quantitative estimate of drug-likeness (QED) is 0.611. The van der Waals surface area contributed by atoms with Gasteiger partial charge >= 0.3 is 0 Å². The summed E-state index contributed by atoms with van der Waals surface area (Å²) < 4.78 is 0. The number of hydrogen-bond donors (Lipinski definition) is 1. The molecule has 18 heavy (non-hydrogen) atoms. The van der Waals surface area contributed by atoms with Crippen molar-refractivity contribution in [2.75, 3.05) is 60.9 Å². The van der Waals surface area contributed by atoms with E-state index in [2.05, 4.69) is 5.32 Å². The van der Waals surface area contributed by atoms with Gasteiger partial charge in [-0.1, -0.05) is 0 Å². The SMILES string of the molecule is CC(=O)N(CCN(C)C)CC(=O)NCCN(C)C. The van der Waals surface area contributed by atoms with Crippen molar-refractivity contribution in [3.63, 3.8) is 0 Å². The van der Waals surface area contributed by atoms with Crippen LogP contribution in [0.5, 0.6) is 0 Å². The lowest BCUT2D eigenvalue weighted by atomic mass is 10.4. The van der Waals surface area contributed by atoms with E-state index in [1.807, 2.05) is 38.0 Å². The molecule has 0 bridgehead atoms. The minimum Gasteiger partial charge on any atom is -0.353 e. The van der Waals surface area contributed by atoms with E-state index in [1.54, 1.807) is 4.90 Å². The van der Waals surface area contributed by atoms with Crippen LogP contribution in [-0.4, -0.2) is 87.4 Å². The monoisotopic (exact) mass is 258 g/mol. The Labute approximate surface area is 110 Å². The molecule has 0 atom stereocenters. The third-order valence-corrected chi connectivity index (χ3v) is 2.48. The van der Waals surface area contributed by atoms with E-state index in [1.165, 1.54) is 6.92 Å². The molecular formula is C12H26N4O2. The Kier molecular flexibility index (Phi) is 8.32. The van der Waals surface area contributed by atoms with E-state index < -0.39 is 0 Å². The van der Waals surface area contributed by atoms with Gasteiger partial charge in [0.25, 0.3) is 0 Å². The molecule has 106 valence electrons. The van der Waals surface area contributed by atoms with Gasteiger partial charge in [-0.05, 0) is 28.2 Å². The molecule has 1 N–H and O–H groups in total. The van der Waals surface area contributed by atoms with Gasteiger partial charge in [-0.15, -0.1) is 0 Å². The number of carbonyl (C=O) groups excluding carboxylic acids is 2. The highest BCUT2D eigenvalue weighted by molar-refractivity contribution is 5.83. The van der Waals surface area contributed by atoms with Gasteiger partial charge in [-0.25, -0.2) is 0 Å². The van der Waals surface area contributed by atoms with Gasteiger partial charge in [-0.2, -0.15) is 0 Å². The maximum atomic E-state index is 11.6. The van der Waals surface area contributed by atoms with Gasteiger partial charge in [0, 0.05) is 33.1 Å². The van der Waals surface area contributed by atoms with Crippen molar-refractivity contribution in [2.45, 2.75) is 6.92 Å². The van der Waals surface area contributed by atoms with E-state index in [9.17, 15) is 9.59 Å². The smallest absolute Gasteiger partial charge is 0.239 e. The second-order valence-corrected chi connectivity index (χ2v) is 4.90. The normalized spacial score (nSPS) is 10.8. The highest BCUT2D eigenvalue weighted by Gasteiger charge is 2.13. The molecule has 0 saturated heterocycles. The zero-order chi connectivity index (χ0) is 14.1. The molecule has 0 rings (SSSR count). The maximum Gasteiger partial charge on any atom is 0.239 e. The minimum atomic E-state index is -0.106. The third kappa shape index (κ3) is 8.95. The van der Waals surface area contributed by atoms with E-state index in [4.69, 9.17) is 0 Å². The predicted molar refractivity (Wildman–Crippen MR) is 72.4 cm³/mol. The fraction of sp³-hybridized carbons (Fsp3) is 0.833. The largest absolute Gasteiger partial charge is 0.353 e. The molecule has 0 aromatic rings. The van der Waals surface area contributed by atoms with Crippen LogP contribution in [0.3, 0.4) is 0 Å². The Balaban J connectivity index is 4.00. The number of likely N-dealkylation sites (N-methyl/N-ethyl adjacent to an activating group) is 2. The average molecular weight is 258 g/mol. The fourth-order valence-electron chi connectivity index (χ4n) is 1.32. The topological polar surface area (TPSA) is 55.9 Å². The van der Waals surface area contributed by atoms with Crippen molar-refractivity contribution in [2.24, 2.45) is 0 Å².